The Kier molecular flexibility index (Phi) is 7.30. The summed E-state index contributed by atoms with van der Waals surface area (Å²) in [6, 6.07) is 0. The number of ketones is 1. The summed E-state index contributed by atoms with van der Waals surface area (Å²) in [4.78, 5) is 22.7. The molecule has 0 amide bonds. The normalized spacial score (nSPS) is 10.9. The zero-order valence-corrected chi connectivity index (χ0v) is 12.6. The molecule has 0 aromatic heterocycles. The van der Waals surface area contributed by atoms with Gasteiger partial charge in [-0.1, -0.05) is 13.2 Å². The SMILES string of the molecule is C=C(C)C(=O)CCCC[N+](C)(C)CC(=C)C(=O)OC. The molecule has 0 bridgehead atoms. The monoisotopic (exact) mass is 268 g/mol. The van der Waals surface area contributed by atoms with Crippen LogP contribution in [-0.2, 0) is 14.3 Å². The Labute approximate surface area is 116 Å². The van der Waals surface area contributed by atoms with Crippen molar-refractivity contribution in [1.29, 1.82) is 0 Å². The van der Waals surface area contributed by atoms with E-state index in [1.807, 2.05) is 14.1 Å². The average Bonchev–Trinajstić information content (AvgIpc) is 2.32. The van der Waals surface area contributed by atoms with E-state index in [-0.39, 0.29) is 11.8 Å². The van der Waals surface area contributed by atoms with Crippen molar-refractivity contribution in [2.24, 2.45) is 0 Å². The molecule has 108 valence electrons. The molecule has 0 aliphatic heterocycles. The molecule has 0 N–H and O–H groups in total. The number of carbonyl (C=O) groups excluding carboxylic acids is 2. The van der Waals surface area contributed by atoms with Gasteiger partial charge in [0.05, 0.1) is 33.3 Å². The van der Waals surface area contributed by atoms with Gasteiger partial charge in [-0.2, -0.15) is 0 Å². The van der Waals surface area contributed by atoms with E-state index < -0.39 is 0 Å². The average molecular weight is 268 g/mol. The molecule has 0 fully saturated rings. The van der Waals surface area contributed by atoms with Gasteiger partial charge in [0, 0.05) is 6.42 Å². The number of allylic oxidation sites excluding steroid dienone is 1. The molecule has 0 heterocycles. The van der Waals surface area contributed by atoms with Crippen molar-refractivity contribution in [2.75, 3.05) is 34.3 Å². The standard InChI is InChI=1S/C15H26NO3/c1-12(2)14(17)9-7-8-10-16(4,5)11-13(3)15(18)19-6/h1,3,7-11H2,2,4-6H3/q+1. The van der Waals surface area contributed by atoms with Gasteiger partial charge >= 0.3 is 5.97 Å². The predicted molar refractivity (Wildman–Crippen MR) is 76.7 cm³/mol. The first kappa shape index (κ1) is 17.6. The fourth-order valence-corrected chi connectivity index (χ4v) is 1.84. The van der Waals surface area contributed by atoms with Crippen LogP contribution in [0.5, 0.6) is 0 Å². The number of nitrogens with zero attached hydrogens (tertiary/aromatic N) is 1. The number of likely N-dealkylation sites (N-methyl/N-ethyl adjacent to an activating group) is 1. The predicted octanol–water partition coefficient (Wildman–Crippen LogP) is 2.11. The molecule has 0 unspecified atom stereocenters. The molecule has 19 heavy (non-hydrogen) atoms. The van der Waals surface area contributed by atoms with Crippen LogP contribution in [0.4, 0.5) is 0 Å². The van der Waals surface area contributed by atoms with Crippen molar-refractivity contribution in [2.45, 2.75) is 26.2 Å². The van der Waals surface area contributed by atoms with Crippen LogP contribution in [0.1, 0.15) is 26.2 Å². The van der Waals surface area contributed by atoms with E-state index in [1.54, 1.807) is 6.92 Å². The molecule has 0 aromatic rings. The number of ether oxygens (including phenoxy) is 1. The van der Waals surface area contributed by atoms with Crippen LogP contribution >= 0.6 is 0 Å². The van der Waals surface area contributed by atoms with Crippen molar-refractivity contribution < 1.29 is 18.8 Å². The van der Waals surface area contributed by atoms with Crippen LogP contribution in [0.25, 0.3) is 0 Å². The van der Waals surface area contributed by atoms with E-state index in [1.165, 1.54) is 7.11 Å². The molecule has 0 spiro atoms. The Morgan fingerprint density at radius 1 is 1.16 bits per heavy atom. The third kappa shape index (κ3) is 7.57. The van der Waals surface area contributed by atoms with Crippen molar-refractivity contribution in [3.63, 3.8) is 0 Å². The number of carbonyl (C=O) groups is 2. The van der Waals surface area contributed by atoms with E-state index in [0.717, 1.165) is 19.4 Å². The van der Waals surface area contributed by atoms with Crippen LogP contribution < -0.4 is 0 Å². The maximum atomic E-state index is 11.4. The molecule has 4 nitrogen and oxygen atoms in total. The molecule has 0 aliphatic carbocycles. The molecule has 0 rings (SSSR count). The number of rotatable bonds is 9. The van der Waals surface area contributed by atoms with Crippen LogP contribution in [-0.4, -0.2) is 50.5 Å². The number of Topliss-reactive ketones (excluding diaryl/α,β-unsaturated/α-hetero) is 1. The van der Waals surface area contributed by atoms with Gasteiger partial charge in [-0.15, -0.1) is 0 Å². The molecule has 4 heteroatoms. The lowest BCUT2D eigenvalue weighted by atomic mass is 10.1. The maximum absolute atomic E-state index is 11.4. The van der Waals surface area contributed by atoms with E-state index >= 15 is 0 Å². The molecule has 0 atom stereocenters. The molecule has 0 saturated carbocycles. The smallest absolute Gasteiger partial charge is 0.338 e. The number of hydrogen-bond acceptors (Lipinski definition) is 3. The molecular formula is C15H26NO3+. The third-order valence-corrected chi connectivity index (χ3v) is 2.99. The molecular weight excluding hydrogens is 242 g/mol. The topological polar surface area (TPSA) is 43.4 Å². The lowest BCUT2D eigenvalue weighted by Crippen LogP contribution is -2.43. The fraction of sp³-hybridized carbons (Fsp3) is 0.600. The van der Waals surface area contributed by atoms with Crippen LogP contribution in [0.3, 0.4) is 0 Å². The first-order valence-electron chi connectivity index (χ1n) is 6.46. The summed E-state index contributed by atoms with van der Waals surface area (Å²) in [5, 5.41) is 0. The number of methoxy groups -OCH3 is 1. The largest absolute Gasteiger partial charge is 0.466 e. The molecule has 0 aliphatic rings. The summed E-state index contributed by atoms with van der Waals surface area (Å²) in [7, 11) is 5.43. The van der Waals surface area contributed by atoms with Gasteiger partial charge in [-0.05, 0) is 25.3 Å². The number of quaternary nitrogens is 1. The molecule has 0 aromatic carbocycles. The minimum Gasteiger partial charge on any atom is -0.466 e. The van der Waals surface area contributed by atoms with Gasteiger partial charge in [-0.25, -0.2) is 4.79 Å². The Morgan fingerprint density at radius 3 is 2.21 bits per heavy atom. The minimum absolute atomic E-state index is 0.129. The van der Waals surface area contributed by atoms with Gasteiger partial charge < -0.3 is 9.22 Å². The number of hydrogen-bond donors (Lipinski definition) is 0. The highest BCUT2D eigenvalue weighted by atomic mass is 16.5. The summed E-state index contributed by atoms with van der Waals surface area (Å²) in [5.41, 5.74) is 1.10. The quantitative estimate of drug-likeness (QED) is 0.278. The van der Waals surface area contributed by atoms with Gasteiger partial charge in [0.25, 0.3) is 0 Å². The first-order chi connectivity index (χ1) is 8.69. The second-order valence-electron chi connectivity index (χ2n) is 5.57. The Hall–Kier alpha value is -1.42. The van der Waals surface area contributed by atoms with Crippen LogP contribution in [0.15, 0.2) is 24.3 Å². The van der Waals surface area contributed by atoms with Gasteiger partial charge in [-0.3, -0.25) is 4.79 Å². The summed E-state index contributed by atoms with van der Waals surface area (Å²) >= 11 is 0. The number of unbranched alkanes of at least 4 members (excludes halogenated alkanes) is 1. The van der Waals surface area contributed by atoms with Gasteiger partial charge in [0.1, 0.15) is 6.54 Å². The van der Waals surface area contributed by atoms with E-state index in [2.05, 4.69) is 17.9 Å². The Balaban J connectivity index is 4.04. The lowest BCUT2D eigenvalue weighted by molar-refractivity contribution is -0.885. The second-order valence-corrected chi connectivity index (χ2v) is 5.57. The Morgan fingerprint density at radius 2 is 1.74 bits per heavy atom. The summed E-state index contributed by atoms with van der Waals surface area (Å²) in [6.45, 7) is 10.6. The zero-order chi connectivity index (χ0) is 15.1. The highest BCUT2D eigenvalue weighted by Crippen LogP contribution is 2.09. The minimum atomic E-state index is -0.358. The molecule has 0 saturated heterocycles. The second kappa shape index (κ2) is 7.89. The Bertz CT molecular complexity index is 370. The van der Waals surface area contributed by atoms with E-state index in [0.29, 0.717) is 28.6 Å². The third-order valence-electron chi connectivity index (χ3n) is 2.99. The fourth-order valence-electron chi connectivity index (χ4n) is 1.84. The maximum Gasteiger partial charge on any atom is 0.338 e. The number of esters is 1. The summed E-state index contributed by atoms with van der Waals surface area (Å²) in [6.07, 6.45) is 2.33. The highest BCUT2D eigenvalue weighted by Gasteiger charge is 2.20. The van der Waals surface area contributed by atoms with Crippen molar-refractivity contribution >= 4 is 11.8 Å². The zero-order valence-electron chi connectivity index (χ0n) is 12.6. The van der Waals surface area contributed by atoms with Crippen molar-refractivity contribution in [1.82, 2.24) is 0 Å². The van der Waals surface area contributed by atoms with Gasteiger partial charge in [0.15, 0.2) is 5.78 Å². The first-order valence-corrected chi connectivity index (χ1v) is 6.46. The van der Waals surface area contributed by atoms with E-state index in [4.69, 9.17) is 0 Å². The van der Waals surface area contributed by atoms with Gasteiger partial charge in [0.2, 0.25) is 0 Å². The summed E-state index contributed by atoms with van der Waals surface area (Å²) < 4.78 is 5.30. The lowest BCUT2D eigenvalue weighted by Gasteiger charge is -2.30. The van der Waals surface area contributed by atoms with Crippen LogP contribution in [0, 0.1) is 0 Å². The van der Waals surface area contributed by atoms with Crippen molar-refractivity contribution in [3.05, 3.63) is 24.3 Å². The summed E-state index contributed by atoms with van der Waals surface area (Å²) in [5.74, 6) is -0.229. The van der Waals surface area contributed by atoms with E-state index in [9.17, 15) is 9.59 Å². The highest BCUT2D eigenvalue weighted by molar-refractivity contribution is 5.94. The van der Waals surface area contributed by atoms with Crippen molar-refractivity contribution in [3.8, 4) is 0 Å². The van der Waals surface area contributed by atoms with Crippen LogP contribution in [0.2, 0.25) is 0 Å². The molecule has 0 radical (unpaired) electrons.